The van der Waals surface area contributed by atoms with E-state index in [0.29, 0.717) is 0 Å². The molecule has 1 atom stereocenters. The number of sulfone groups is 1. The van der Waals surface area contributed by atoms with Crippen molar-refractivity contribution < 1.29 is 22.7 Å². The molecule has 0 heterocycles. The van der Waals surface area contributed by atoms with E-state index in [2.05, 4.69) is 15.9 Å². The van der Waals surface area contributed by atoms with Crippen LogP contribution in [0.25, 0.3) is 0 Å². The van der Waals surface area contributed by atoms with E-state index in [4.69, 9.17) is 5.11 Å². The smallest absolute Gasteiger partial charge is 0.354 e. The van der Waals surface area contributed by atoms with Crippen LogP contribution in [0.3, 0.4) is 0 Å². The lowest BCUT2D eigenvalue weighted by Gasteiger charge is -2.07. The Morgan fingerprint density at radius 1 is 1.40 bits per heavy atom. The lowest BCUT2D eigenvalue weighted by molar-refractivity contribution is -0.139. The number of aliphatic carboxylic acids is 1. The first kappa shape index (κ1) is 12.1. The highest BCUT2D eigenvalue weighted by Gasteiger charge is 2.34. The monoisotopic (exact) mass is 296 g/mol. The molecule has 0 radical (unpaired) electrons. The Kier molecular flexibility index (Phi) is 3.46. The van der Waals surface area contributed by atoms with Crippen LogP contribution in [0.15, 0.2) is 33.6 Å². The lowest BCUT2D eigenvalue weighted by atomic mass is 10.4. The zero-order valence-corrected chi connectivity index (χ0v) is 9.63. The molecule has 15 heavy (non-hydrogen) atoms. The van der Waals surface area contributed by atoms with Gasteiger partial charge in [-0.25, -0.2) is 17.6 Å². The fraction of sp³-hybridized carbons (Fsp3) is 0.125. The minimum atomic E-state index is -4.48. The van der Waals surface area contributed by atoms with Gasteiger partial charge in [0.1, 0.15) is 0 Å². The summed E-state index contributed by atoms with van der Waals surface area (Å²) in [5.74, 6) is -2.02. The van der Waals surface area contributed by atoms with Crippen LogP contribution < -0.4 is 0 Å². The molecule has 1 N–H and O–H groups in total. The van der Waals surface area contributed by atoms with E-state index in [1.807, 2.05) is 0 Å². The minimum Gasteiger partial charge on any atom is -0.478 e. The fourth-order valence-corrected chi connectivity index (χ4v) is 2.98. The van der Waals surface area contributed by atoms with Crippen LogP contribution in [0.5, 0.6) is 0 Å². The van der Waals surface area contributed by atoms with Gasteiger partial charge in [-0.2, -0.15) is 0 Å². The van der Waals surface area contributed by atoms with E-state index >= 15 is 0 Å². The Hall–Kier alpha value is -0.950. The summed E-state index contributed by atoms with van der Waals surface area (Å²) in [6.07, 6.45) is 0. The van der Waals surface area contributed by atoms with Crippen LogP contribution in [0.2, 0.25) is 0 Å². The van der Waals surface area contributed by atoms with Crippen LogP contribution in [-0.2, 0) is 14.6 Å². The van der Waals surface area contributed by atoms with Crippen LogP contribution in [-0.4, -0.2) is 25.0 Å². The molecule has 0 aromatic heterocycles. The van der Waals surface area contributed by atoms with Crippen molar-refractivity contribution in [3.05, 3.63) is 28.7 Å². The number of rotatable bonds is 3. The maximum atomic E-state index is 13.0. The molecule has 1 rings (SSSR count). The summed E-state index contributed by atoms with van der Waals surface area (Å²) in [4.78, 5) is 9.89. The number of hydrogen-bond donors (Lipinski definition) is 1. The number of hydrogen-bond acceptors (Lipinski definition) is 3. The number of carbonyl (C=O) groups is 1. The second kappa shape index (κ2) is 4.28. The highest BCUT2D eigenvalue weighted by molar-refractivity contribution is 9.10. The number of carboxylic acids is 1. The first-order valence-electron chi connectivity index (χ1n) is 3.72. The van der Waals surface area contributed by atoms with E-state index in [1.165, 1.54) is 18.2 Å². The highest BCUT2D eigenvalue weighted by Crippen LogP contribution is 2.25. The SMILES string of the molecule is O=C(O)C(F)S(=O)(=O)c1ccccc1Br. The number of halogens is 2. The summed E-state index contributed by atoms with van der Waals surface area (Å²) < 4.78 is 35.9. The van der Waals surface area contributed by atoms with Crippen molar-refractivity contribution in [1.82, 2.24) is 0 Å². The van der Waals surface area contributed by atoms with E-state index in [1.54, 1.807) is 0 Å². The Morgan fingerprint density at radius 2 is 1.93 bits per heavy atom. The molecule has 0 aliphatic rings. The normalized spacial score (nSPS) is 13.5. The topological polar surface area (TPSA) is 71.4 Å². The molecule has 1 aromatic carbocycles. The molecular formula is C8H6BrFO4S. The van der Waals surface area contributed by atoms with Crippen molar-refractivity contribution in [3.63, 3.8) is 0 Å². The molecule has 1 aromatic rings. The summed E-state index contributed by atoms with van der Waals surface area (Å²) in [5, 5.41) is 8.30. The van der Waals surface area contributed by atoms with E-state index in [0.717, 1.165) is 6.07 Å². The minimum absolute atomic E-state index is 0.133. The molecule has 0 bridgehead atoms. The van der Waals surface area contributed by atoms with Gasteiger partial charge in [-0.15, -0.1) is 0 Å². The Balaban J connectivity index is 3.30. The third kappa shape index (κ3) is 2.35. The summed E-state index contributed by atoms with van der Waals surface area (Å²) in [6, 6.07) is 5.44. The number of benzene rings is 1. The van der Waals surface area contributed by atoms with Gasteiger partial charge in [0.2, 0.25) is 9.84 Å². The molecule has 0 saturated heterocycles. The first-order valence-corrected chi connectivity index (χ1v) is 6.06. The maximum Gasteiger partial charge on any atom is 0.354 e. The van der Waals surface area contributed by atoms with Gasteiger partial charge in [0.15, 0.2) is 0 Å². The van der Waals surface area contributed by atoms with Gasteiger partial charge < -0.3 is 5.11 Å². The molecule has 0 fully saturated rings. The predicted octanol–water partition coefficient (Wildman–Crippen LogP) is 1.60. The zero-order chi connectivity index (χ0) is 11.6. The standard InChI is InChI=1S/C8H6BrFO4S/c9-5-3-1-2-4-6(5)15(13,14)7(10)8(11)12/h1-4,7H,(H,11,12). The zero-order valence-electron chi connectivity index (χ0n) is 7.22. The molecule has 7 heteroatoms. The molecule has 0 saturated carbocycles. The van der Waals surface area contributed by atoms with Crippen molar-refractivity contribution in [3.8, 4) is 0 Å². The molecule has 0 aliphatic heterocycles. The molecule has 0 aliphatic carbocycles. The first-order chi connectivity index (χ1) is 6.87. The molecule has 1 unspecified atom stereocenters. The summed E-state index contributed by atoms with van der Waals surface area (Å²) in [7, 11) is -4.48. The van der Waals surface area contributed by atoms with Crippen LogP contribution in [0.1, 0.15) is 0 Å². The Bertz CT molecular complexity index is 485. The van der Waals surface area contributed by atoms with Crippen molar-refractivity contribution in [1.29, 1.82) is 0 Å². The van der Waals surface area contributed by atoms with Crippen LogP contribution in [0, 0.1) is 0 Å². The number of alkyl halides is 1. The molecule has 82 valence electrons. The Labute approximate surface area is 93.8 Å². The van der Waals surface area contributed by atoms with Crippen molar-refractivity contribution >= 4 is 31.7 Å². The summed E-state index contributed by atoms with van der Waals surface area (Å²) >= 11 is 2.91. The van der Waals surface area contributed by atoms with Crippen LogP contribution >= 0.6 is 15.9 Å². The van der Waals surface area contributed by atoms with E-state index in [-0.39, 0.29) is 9.37 Å². The molecule has 0 spiro atoms. The van der Waals surface area contributed by atoms with Crippen molar-refractivity contribution in [2.75, 3.05) is 0 Å². The van der Waals surface area contributed by atoms with Gasteiger partial charge in [-0.05, 0) is 28.1 Å². The summed E-state index contributed by atoms with van der Waals surface area (Å²) in [6.45, 7) is 0. The van der Waals surface area contributed by atoms with Crippen molar-refractivity contribution in [2.45, 2.75) is 10.4 Å². The second-order valence-electron chi connectivity index (χ2n) is 2.63. The maximum absolute atomic E-state index is 13.0. The largest absolute Gasteiger partial charge is 0.478 e. The lowest BCUT2D eigenvalue weighted by Crippen LogP contribution is -2.25. The van der Waals surface area contributed by atoms with Crippen molar-refractivity contribution in [2.24, 2.45) is 0 Å². The Morgan fingerprint density at radius 3 is 2.40 bits per heavy atom. The van der Waals surface area contributed by atoms with E-state index in [9.17, 15) is 17.6 Å². The quantitative estimate of drug-likeness (QED) is 0.920. The van der Waals surface area contributed by atoms with Gasteiger partial charge in [0, 0.05) is 4.47 Å². The average Bonchev–Trinajstić information content (AvgIpc) is 2.16. The third-order valence-electron chi connectivity index (χ3n) is 1.61. The highest BCUT2D eigenvalue weighted by atomic mass is 79.9. The summed E-state index contributed by atoms with van der Waals surface area (Å²) in [5.41, 5.74) is -2.95. The average molecular weight is 297 g/mol. The predicted molar refractivity (Wildman–Crippen MR) is 53.9 cm³/mol. The van der Waals surface area contributed by atoms with E-state index < -0.39 is 21.3 Å². The van der Waals surface area contributed by atoms with Gasteiger partial charge >= 0.3 is 11.5 Å². The van der Waals surface area contributed by atoms with Gasteiger partial charge in [-0.3, -0.25) is 0 Å². The van der Waals surface area contributed by atoms with Gasteiger partial charge in [-0.1, -0.05) is 12.1 Å². The number of carboxylic acid groups (broad SMARTS) is 1. The van der Waals surface area contributed by atoms with Gasteiger partial charge in [0.25, 0.3) is 0 Å². The molecule has 0 amide bonds. The molecular weight excluding hydrogens is 291 g/mol. The second-order valence-corrected chi connectivity index (χ2v) is 5.43. The molecule has 4 nitrogen and oxygen atoms in total. The van der Waals surface area contributed by atoms with Gasteiger partial charge in [0.05, 0.1) is 4.90 Å². The van der Waals surface area contributed by atoms with Crippen LogP contribution in [0.4, 0.5) is 4.39 Å². The third-order valence-corrected chi connectivity index (χ3v) is 4.28. The fourth-order valence-electron chi connectivity index (χ4n) is 0.920.